The first-order chi connectivity index (χ1) is 6.30. The van der Waals surface area contributed by atoms with Crippen LogP contribution in [0.25, 0.3) is 0 Å². The maximum absolute atomic E-state index is 13.7. The molecule has 0 N–H and O–H groups in total. The van der Waals surface area contributed by atoms with Gasteiger partial charge in [-0.2, -0.15) is 0 Å². The van der Waals surface area contributed by atoms with Crippen LogP contribution in [0.3, 0.4) is 0 Å². The second-order valence-electron chi connectivity index (χ2n) is 5.15. The monoisotopic (exact) mass is 202 g/mol. The molecule has 0 aromatic carbocycles. The third kappa shape index (κ3) is 1.25. The number of hydrogen-bond donors (Lipinski definition) is 0. The van der Waals surface area contributed by atoms with E-state index in [1.165, 1.54) is 7.11 Å². The molecule has 3 heteroatoms. The molecule has 0 aliphatic heterocycles. The van der Waals surface area contributed by atoms with Crippen LogP contribution in [0, 0.1) is 16.7 Å². The van der Waals surface area contributed by atoms with Gasteiger partial charge in [-0.25, -0.2) is 4.39 Å². The predicted octanol–water partition coefficient (Wildman–Crippen LogP) is 2.57. The van der Waals surface area contributed by atoms with Crippen LogP contribution in [0.15, 0.2) is 0 Å². The molecule has 1 rings (SSSR count). The molecular formula is C11H19FO2. The quantitative estimate of drug-likeness (QED) is 0.657. The van der Waals surface area contributed by atoms with Gasteiger partial charge in [-0.15, -0.1) is 0 Å². The van der Waals surface area contributed by atoms with Crippen LogP contribution in [0.2, 0.25) is 0 Å². The summed E-state index contributed by atoms with van der Waals surface area (Å²) in [5, 5.41) is 0. The Hall–Kier alpha value is -0.600. The van der Waals surface area contributed by atoms with Crippen molar-refractivity contribution in [2.24, 2.45) is 16.7 Å². The largest absolute Gasteiger partial charge is 0.468 e. The molecule has 82 valence electrons. The third-order valence-corrected chi connectivity index (χ3v) is 3.41. The van der Waals surface area contributed by atoms with E-state index >= 15 is 0 Å². The van der Waals surface area contributed by atoms with Crippen LogP contribution >= 0.6 is 0 Å². The topological polar surface area (TPSA) is 26.3 Å². The summed E-state index contributed by atoms with van der Waals surface area (Å²) >= 11 is 0. The third-order valence-electron chi connectivity index (χ3n) is 3.41. The van der Waals surface area contributed by atoms with Gasteiger partial charge in [-0.3, -0.25) is 4.79 Å². The van der Waals surface area contributed by atoms with Crippen molar-refractivity contribution >= 4 is 5.97 Å². The lowest BCUT2D eigenvalue weighted by Crippen LogP contribution is -2.25. The minimum Gasteiger partial charge on any atom is -0.468 e. The number of alkyl halides is 1. The van der Waals surface area contributed by atoms with Gasteiger partial charge >= 0.3 is 5.97 Å². The zero-order valence-corrected chi connectivity index (χ0v) is 9.56. The summed E-state index contributed by atoms with van der Waals surface area (Å²) in [6, 6.07) is 0. The summed E-state index contributed by atoms with van der Waals surface area (Å²) in [6.07, 6.45) is -0.502. The molecule has 1 aliphatic rings. The van der Waals surface area contributed by atoms with E-state index in [-0.39, 0.29) is 0 Å². The highest BCUT2D eigenvalue weighted by Gasteiger charge is 2.77. The van der Waals surface area contributed by atoms with Crippen molar-refractivity contribution in [3.63, 3.8) is 0 Å². The Bertz CT molecular complexity index is 248. The van der Waals surface area contributed by atoms with Gasteiger partial charge in [0.1, 0.15) is 11.6 Å². The van der Waals surface area contributed by atoms with Crippen LogP contribution in [-0.4, -0.2) is 19.3 Å². The maximum atomic E-state index is 13.7. The van der Waals surface area contributed by atoms with Gasteiger partial charge in [0.25, 0.3) is 0 Å². The van der Waals surface area contributed by atoms with E-state index < -0.39 is 23.0 Å². The fraction of sp³-hybridized carbons (Fsp3) is 0.909. The van der Waals surface area contributed by atoms with E-state index in [4.69, 9.17) is 4.74 Å². The number of esters is 1. The van der Waals surface area contributed by atoms with Crippen molar-refractivity contribution < 1.29 is 13.9 Å². The van der Waals surface area contributed by atoms with Gasteiger partial charge in [0.05, 0.1) is 7.11 Å². The van der Waals surface area contributed by atoms with Crippen molar-refractivity contribution in [1.82, 2.24) is 0 Å². The first kappa shape index (κ1) is 11.5. The number of rotatable bonds is 3. The lowest BCUT2D eigenvalue weighted by atomic mass is 9.87. The average molecular weight is 202 g/mol. The lowest BCUT2D eigenvalue weighted by molar-refractivity contribution is -0.149. The van der Waals surface area contributed by atoms with Crippen LogP contribution in [0.4, 0.5) is 4.39 Å². The number of methoxy groups -OCH3 is 1. The molecule has 0 heterocycles. The highest BCUT2D eigenvalue weighted by Crippen LogP contribution is 2.68. The lowest BCUT2D eigenvalue weighted by Gasteiger charge is -2.18. The number of ether oxygens (including phenoxy) is 1. The molecule has 2 atom stereocenters. The van der Waals surface area contributed by atoms with Gasteiger partial charge in [0.2, 0.25) is 0 Å². The average Bonchev–Trinajstić information content (AvgIpc) is 2.49. The zero-order valence-electron chi connectivity index (χ0n) is 9.56. The van der Waals surface area contributed by atoms with Crippen LogP contribution < -0.4 is 0 Å². The highest BCUT2D eigenvalue weighted by molar-refractivity contribution is 5.83. The standard InChI is InChI=1S/C11H19FO2/c1-7(2)6-11(9(13)14-5)8(12)10(11,3)4/h7-8H,6H2,1-5H3. The summed E-state index contributed by atoms with van der Waals surface area (Å²) in [7, 11) is 1.32. The van der Waals surface area contributed by atoms with Crippen molar-refractivity contribution in [2.75, 3.05) is 7.11 Å². The summed E-state index contributed by atoms with van der Waals surface area (Å²) in [5.74, 6) is -0.0992. The molecule has 1 aliphatic carbocycles. The van der Waals surface area contributed by atoms with Crippen molar-refractivity contribution in [1.29, 1.82) is 0 Å². The molecule has 0 bridgehead atoms. The molecule has 0 radical (unpaired) electrons. The zero-order chi connectivity index (χ0) is 11.1. The van der Waals surface area contributed by atoms with E-state index in [0.29, 0.717) is 12.3 Å². The van der Waals surface area contributed by atoms with Gasteiger partial charge in [0.15, 0.2) is 0 Å². The number of halogens is 1. The summed E-state index contributed by atoms with van der Waals surface area (Å²) in [4.78, 5) is 11.6. The predicted molar refractivity (Wildman–Crippen MR) is 52.6 cm³/mol. The Balaban J connectivity index is 2.91. The number of hydrogen-bond acceptors (Lipinski definition) is 2. The Morgan fingerprint density at radius 3 is 2.14 bits per heavy atom. The Kier molecular flexibility index (Phi) is 2.63. The second kappa shape index (κ2) is 3.21. The van der Waals surface area contributed by atoms with E-state index in [9.17, 15) is 9.18 Å². The van der Waals surface area contributed by atoms with Crippen LogP contribution in [0.5, 0.6) is 0 Å². The molecule has 2 unspecified atom stereocenters. The fourth-order valence-electron chi connectivity index (χ4n) is 2.43. The molecule has 0 aromatic rings. The molecule has 1 fully saturated rings. The molecule has 2 nitrogen and oxygen atoms in total. The Morgan fingerprint density at radius 1 is 1.50 bits per heavy atom. The number of carbonyl (C=O) groups is 1. The summed E-state index contributed by atoms with van der Waals surface area (Å²) in [5.41, 5.74) is -1.46. The molecular weight excluding hydrogens is 183 g/mol. The fourth-order valence-corrected chi connectivity index (χ4v) is 2.43. The van der Waals surface area contributed by atoms with E-state index in [1.54, 1.807) is 13.8 Å². The minimum absolute atomic E-state index is 0.300. The molecule has 14 heavy (non-hydrogen) atoms. The van der Waals surface area contributed by atoms with E-state index in [2.05, 4.69) is 0 Å². The maximum Gasteiger partial charge on any atom is 0.315 e. The Labute approximate surface area is 84.8 Å². The first-order valence-electron chi connectivity index (χ1n) is 5.03. The van der Waals surface area contributed by atoms with E-state index in [1.807, 2.05) is 13.8 Å². The summed E-state index contributed by atoms with van der Waals surface area (Å²) in [6.45, 7) is 7.56. The molecule has 0 aromatic heterocycles. The molecule has 0 spiro atoms. The molecule has 1 saturated carbocycles. The van der Waals surface area contributed by atoms with Gasteiger partial charge in [0, 0.05) is 5.41 Å². The van der Waals surface area contributed by atoms with Crippen molar-refractivity contribution in [2.45, 2.75) is 40.3 Å². The van der Waals surface area contributed by atoms with Gasteiger partial charge < -0.3 is 4.74 Å². The van der Waals surface area contributed by atoms with Crippen LogP contribution in [0.1, 0.15) is 34.1 Å². The summed E-state index contributed by atoms with van der Waals surface area (Å²) < 4.78 is 18.4. The van der Waals surface area contributed by atoms with Crippen molar-refractivity contribution in [3.05, 3.63) is 0 Å². The SMILES string of the molecule is COC(=O)C1(CC(C)C)C(F)C1(C)C. The van der Waals surface area contributed by atoms with Crippen LogP contribution in [-0.2, 0) is 9.53 Å². The first-order valence-corrected chi connectivity index (χ1v) is 5.03. The molecule has 0 saturated heterocycles. The van der Waals surface area contributed by atoms with E-state index in [0.717, 1.165) is 0 Å². The molecule has 0 amide bonds. The minimum atomic E-state index is -1.06. The smallest absolute Gasteiger partial charge is 0.315 e. The van der Waals surface area contributed by atoms with Gasteiger partial charge in [-0.1, -0.05) is 27.7 Å². The van der Waals surface area contributed by atoms with Crippen molar-refractivity contribution in [3.8, 4) is 0 Å². The highest BCUT2D eigenvalue weighted by atomic mass is 19.1. The normalized spacial score (nSPS) is 34.4. The Morgan fingerprint density at radius 2 is 1.93 bits per heavy atom. The number of carbonyl (C=O) groups excluding carboxylic acids is 1. The van der Waals surface area contributed by atoms with Gasteiger partial charge in [-0.05, 0) is 12.3 Å². The second-order valence-corrected chi connectivity index (χ2v) is 5.15.